The van der Waals surface area contributed by atoms with Crippen LogP contribution in [-0.2, 0) is 4.79 Å². The second kappa shape index (κ2) is 5.89. The van der Waals surface area contributed by atoms with E-state index in [-0.39, 0.29) is 5.91 Å². The van der Waals surface area contributed by atoms with E-state index >= 15 is 0 Å². The molecule has 16 heavy (non-hydrogen) atoms. The molecule has 1 amide bonds. The predicted molar refractivity (Wildman–Crippen MR) is 63.6 cm³/mol. The van der Waals surface area contributed by atoms with Crippen LogP contribution in [0.15, 0.2) is 0 Å². The molecule has 1 saturated carbocycles. The lowest BCUT2D eigenvalue weighted by Crippen LogP contribution is -2.36. The Morgan fingerprint density at radius 1 is 1.44 bits per heavy atom. The smallest absolute Gasteiger partial charge is 0.239 e. The second-order valence-corrected chi connectivity index (χ2v) is 5.29. The van der Waals surface area contributed by atoms with Crippen molar-refractivity contribution in [2.75, 3.05) is 6.54 Å². The van der Waals surface area contributed by atoms with Gasteiger partial charge < -0.3 is 5.32 Å². The fourth-order valence-corrected chi connectivity index (χ4v) is 2.16. The highest BCUT2D eigenvalue weighted by molar-refractivity contribution is 5.84. The SMILES string of the molecule is CC(C)(C#N)C(=O)NCCCC1CCCC1. The van der Waals surface area contributed by atoms with E-state index in [1.165, 1.54) is 32.1 Å². The summed E-state index contributed by atoms with van der Waals surface area (Å²) in [5.74, 6) is 0.724. The molecule has 0 unspecified atom stereocenters. The standard InChI is InChI=1S/C13H22N2O/c1-13(2,10-14)12(16)15-9-5-8-11-6-3-4-7-11/h11H,3-9H2,1-2H3,(H,15,16). The molecule has 0 atom stereocenters. The van der Waals surface area contributed by atoms with Gasteiger partial charge in [0.15, 0.2) is 0 Å². The maximum atomic E-state index is 11.6. The van der Waals surface area contributed by atoms with Crippen LogP contribution in [-0.4, -0.2) is 12.5 Å². The van der Waals surface area contributed by atoms with Crippen molar-refractivity contribution in [3.8, 4) is 6.07 Å². The molecule has 1 aliphatic rings. The van der Waals surface area contributed by atoms with Crippen molar-refractivity contribution in [1.82, 2.24) is 5.32 Å². The molecule has 1 rings (SSSR count). The Balaban J connectivity index is 2.11. The number of carbonyl (C=O) groups is 1. The van der Waals surface area contributed by atoms with E-state index in [2.05, 4.69) is 5.32 Å². The van der Waals surface area contributed by atoms with Gasteiger partial charge >= 0.3 is 0 Å². The van der Waals surface area contributed by atoms with Crippen LogP contribution in [0.3, 0.4) is 0 Å². The molecule has 0 bridgehead atoms. The zero-order valence-corrected chi connectivity index (χ0v) is 10.4. The van der Waals surface area contributed by atoms with Crippen molar-refractivity contribution in [3.63, 3.8) is 0 Å². The number of hydrogen-bond donors (Lipinski definition) is 1. The van der Waals surface area contributed by atoms with Gasteiger partial charge in [-0.1, -0.05) is 25.7 Å². The van der Waals surface area contributed by atoms with E-state index in [9.17, 15) is 4.79 Å². The first kappa shape index (κ1) is 13.0. The summed E-state index contributed by atoms with van der Waals surface area (Å²) in [5, 5.41) is 11.6. The molecular formula is C13H22N2O. The molecule has 0 spiro atoms. The average molecular weight is 222 g/mol. The largest absolute Gasteiger partial charge is 0.355 e. The third-order valence-corrected chi connectivity index (χ3v) is 3.40. The maximum Gasteiger partial charge on any atom is 0.239 e. The summed E-state index contributed by atoms with van der Waals surface area (Å²) in [4.78, 5) is 11.6. The Morgan fingerprint density at radius 3 is 2.62 bits per heavy atom. The lowest BCUT2D eigenvalue weighted by atomic mass is 9.94. The number of carbonyl (C=O) groups excluding carboxylic acids is 1. The van der Waals surface area contributed by atoms with Crippen molar-refractivity contribution in [3.05, 3.63) is 0 Å². The average Bonchev–Trinajstić information content (AvgIpc) is 2.76. The molecule has 0 aromatic heterocycles. The Hall–Kier alpha value is -1.04. The highest BCUT2D eigenvalue weighted by Gasteiger charge is 2.26. The van der Waals surface area contributed by atoms with E-state index in [1.54, 1.807) is 13.8 Å². The fourth-order valence-electron chi connectivity index (χ4n) is 2.16. The molecule has 1 fully saturated rings. The van der Waals surface area contributed by atoms with Crippen LogP contribution in [0, 0.1) is 22.7 Å². The van der Waals surface area contributed by atoms with Crippen LogP contribution < -0.4 is 5.32 Å². The van der Waals surface area contributed by atoms with Gasteiger partial charge in [-0.2, -0.15) is 5.26 Å². The minimum Gasteiger partial charge on any atom is -0.355 e. The van der Waals surface area contributed by atoms with Gasteiger partial charge in [-0.15, -0.1) is 0 Å². The van der Waals surface area contributed by atoms with Gasteiger partial charge in [0, 0.05) is 6.54 Å². The lowest BCUT2D eigenvalue weighted by molar-refractivity contribution is -0.126. The molecule has 0 heterocycles. The number of rotatable bonds is 5. The molecule has 1 N–H and O–H groups in total. The maximum absolute atomic E-state index is 11.6. The molecule has 3 heteroatoms. The number of hydrogen-bond acceptors (Lipinski definition) is 2. The van der Waals surface area contributed by atoms with Gasteiger partial charge in [-0.05, 0) is 32.6 Å². The highest BCUT2D eigenvalue weighted by Crippen LogP contribution is 2.28. The van der Waals surface area contributed by atoms with Gasteiger partial charge in [-0.3, -0.25) is 4.79 Å². The van der Waals surface area contributed by atoms with E-state index < -0.39 is 5.41 Å². The van der Waals surface area contributed by atoms with Gasteiger partial charge in [0.05, 0.1) is 6.07 Å². The molecule has 0 aliphatic heterocycles. The first-order chi connectivity index (χ1) is 7.56. The fraction of sp³-hybridized carbons (Fsp3) is 0.846. The van der Waals surface area contributed by atoms with Crippen LogP contribution in [0.1, 0.15) is 52.4 Å². The first-order valence-corrected chi connectivity index (χ1v) is 6.26. The minimum atomic E-state index is -0.895. The van der Waals surface area contributed by atoms with Crippen molar-refractivity contribution in [2.45, 2.75) is 52.4 Å². The molecule has 1 aliphatic carbocycles. The quantitative estimate of drug-likeness (QED) is 0.727. The molecule has 0 aromatic carbocycles. The van der Waals surface area contributed by atoms with E-state index in [0.717, 1.165) is 12.3 Å². The summed E-state index contributed by atoms with van der Waals surface area (Å²) in [7, 11) is 0. The van der Waals surface area contributed by atoms with Gasteiger partial charge in [-0.25, -0.2) is 0 Å². The van der Waals surface area contributed by atoms with Crippen LogP contribution in [0.2, 0.25) is 0 Å². The normalized spacial score (nSPS) is 17.1. The van der Waals surface area contributed by atoms with Crippen LogP contribution in [0.4, 0.5) is 0 Å². The predicted octanol–water partition coefficient (Wildman–Crippen LogP) is 2.62. The molecule has 0 radical (unpaired) electrons. The topological polar surface area (TPSA) is 52.9 Å². The lowest BCUT2D eigenvalue weighted by Gasteiger charge is -2.15. The number of nitriles is 1. The van der Waals surface area contributed by atoms with Crippen molar-refractivity contribution in [1.29, 1.82) is 5.26 Å². The van der Waals surface area contributed by atoms with E-state index in [1.807, 2.05) is 6.07 Å². The zero-order chi connectivity index (χ0) is 12.0. The summed E-state index contributed by atoms with van der Waals surface area (Å²) in [6, 6.07) is 2.01. The zero-order valence-electron chi connectivity index (χ0n) is 10.4. The molecule has 3 nitrogen and oxygen atoms in total. The van der Waals surface area contributed by atoms with Gasteiger partial charge in [0.1, 0.15) is 5.41 Å². The summed E-state index contributed by atoms with van der Waals surface area (Å²) in [6.07, 6.45) is 7.72. The van der Waals surface area contributed by atoms with E-state index in [0.29, 0.717) is 6.54 Å². The Kier molecular flexibility index (Phi) is 4.79. The molecule has 0 aromatic rings. The third-order valence-electron chi connectivity index (χ3n) is 3.40. The monoisotopic (exact) mass is 222 g/mol. The summed E-state index contributed by atoms with van der Waals surface area (Å²) in [5.41, 5.74) is -0.895. The van der Waals surface area contributed by atoms with Crippen molar-refractivity contribution in [2.24, 2.45) is 11.3 Å². The van der Waals surface area contributed by atoms with Crippen LogP contribution in [0.5, 0.6) is 0 Å². The van der Waals surface area contributed by atoms with Crippen molar-refractivity contribution < 1.29 is 4.79 Å². The van der Waals surface area contributed by atoms with Crippen molar-refractivity contribution >= 4 is 5.91 Å². The molecule has 90 valence electrons. The number of nitrogens with one attached hydrogen (secondary N) is 1. The summed E-state index contributed by atoms with van der Waals surface area (Å²) >= 11 is 0. The molecular weight excluding hydrogens is 200 g/mol. The Morgan fingerprint density at radius 2 is 2.06 bits per heavy atom. The number of amides is 1. The van der Waals surface area contributed by atoms with Gasteiger partial charge in [0.2, 0.25) is 5.91 Å². The highest BCUT2D eigenvalue weighted by atomic mass is 16.2. The third kappa shape index (κ3) is 3.84. The first-order valence-electron chi connectivity index (χ1n) is 6.26. The molecule has 0 saturated heterocycles. The Labute approximate surface area is 98.2 Å². The summed E-state index contributed by atoms with van der Waals surface area (Å²) < 4.78 is 0. The van der Waals surface area contributed by atoms with Gasteiger partial charge in [0.25, 0.3) is 0 Å². The van der Waals surface area contributed by atoms with Crippen LogP contribution >= 0.6 is 0 Å². The second-order valence-electron chi connectivity index (χ2n) is 5.29. The Bertz CT molecular complexity index is 272. The van der Waals surface area contributed by atoms with Crippen LogP contribution in [0.25, 0.3) is 0 Å². The van der Waals surface area contributed by atoms with E-state index in [4.69, 9.17) is 5.26 Å². The number of nitrogens with zero attached hydrogens (tertiary/aromatic N) is 1. The minimum absolute atomic E-state index is 0.151. The summed E-state index contributed by atoms with van der Waals surface area (Å²) in [6.45, 7) is 4.01.